The van der Waals surface area contributed by atoms with Crippen LogP contribution in [0.15, 0.2) is 36.4 Å². The minimum atomic E-state index is -4.56. The lowest BCUT2D eigenvalue weighted by Gasteiger charge is -2.27. The number of esters is 1. The molecule has 4 rings (SSSR count). The number of nitrogens with one attached hydrogen (secondary N) is 1. The first-order chi connectivity index (χ1) is 17.7. The molecule has 0 aliphatic heterocycles. The maximum absolute atomic E-state index is 13.9. The molecule has 0 saturated heterocycles. The van der Waals surface area contributed by atoms with E-state index in [1.54, 1.807) is 24.3 Å². The normalized spacial score (nSPS) is 17.9. The van der Waals surface area contributed by atoms with E-state index in [9.17, 15) is 22.8 Å². The Morgan fingerprint density at radius 1 is 1.03 bits per heavy atom. The molecule has 0 radical (unpaired) electrons. The van der Waals surface area contributed by atoms with Crippen molar-refractivity contribution in [2.45, 2.75) is 89.8 Å². The monoisotopic (exact) mass is 549 g/mol. The summed E-state index contributed by atoms with van der Waals surface area (Å²) in [5.41, 5.74) is 2.91. The van der Waals surface area contributed by atoms with E-state index < -0.39 is 29.5 Å². The van der Waals surface area contributed by atoms with Gasteiger partial charge in [0.25, 0.3) is 0 Å². The van der Waals surface area contributed by atoms with E-state index >= 15 is 0 Å². The number of carbonyl (C=O) groups excluding carboxylic acids is 2. The number of alkyl halides is 3. The molecular weight excluding hydrogens is 515 g/mol. The van der Waals surface area contributed by atoms with E-state index in [4.69, 9.17) is 16.3 Å². The molecule has 2 aromatic rings. The van der Waals surface area contributed by atoms with Gasteiger partial charge in [-0.3, -0.25) is 9.59 Å². The van der Waals surface area contributed by atoms with E-state index in [0.29, 0.717) is 11.5 Å². The highest BCUT2D eigenvalue weighted by atomic mass is 35.5. The van der Waals surface area contributed by atoms with Crippen LogP contribution in [0.1, 0.15) is 87.5 Å². The van der Waals surface area contributed by atoms with Gasteiger partial charge in [-0.25, -0.2) is 0 Å². The van der Waals surface area contributed by atoms with Crippen LogP contribution in [-0.4, -0.2) is 23.7 Å². The third-order valence-corrected chi connectivity index (χ3v) is 7.78. The van der Waals surface area contributed by atoms with Crippen molar-refractivity contribution in [2.75, 3.05) is 5.32 Å². The molecule has 0 aromatic heterocycles. The van der Waals surface area contributed by atoms with Crippen molar-refractivity contribution < 1.29 is 27.5 Å². The second-order valence-corrected chi connectivity index (χ2v) is 12.1. The molecule has 1 fully saturated rings. The first-order valence-corrected chi connectivity index (χ1v) is 13.6. The lowest BCUT2D eigenvalue weighted by molar-refractivity contribution is -0.178. The maximum Gasteiger partial charge on any atom is 0.392 e. The second kappa shape index (κ2) is 10.9. The molecule has 2 aliphatic rings. The van der Waals surface area contributed by atoms with Gasteiger partial charge >= 0.3 is 12.1 Å². The molecule has 0 spiro atoms. The molecule has 206 valence electrons. The average Bonchev–Trinajstić information content (AvgIpc) is 3.54. The molecule has 1 N–H and O–H groups in total. The first kappa shape index (κ1) is 28.5. The first-order valence-electron chi connectivity index (χ1n) is 13.2. The molecule has 3 atom stereocenters. The highest BCUT2D eigenvalue weighted by Crippen LogP contribution is 2.46. The fourth-order valence-corrected chi connectivity index (χ4v) is 5.50. The number of hydrogen-bond acceptors (Lipinski definition) is 3. The Kier molecular flexibility index (Phi) is 8.17. The van der Waals surface area contributed by atoms with Gasteiger partial charge < -0.3 is 10.1 Å². The number of aryl methyl sites for hydroxylation is 2. The van der Waals surface area contributed by atoms with Crippen LogP contribution in [0.25, 0.3) is 0 Å². The number of amides is 1. The molecule has 1 saturated carbocycles. The third-order valence-electron chi connectivity index (χ3n) is 7.45. The van der Waals surface area contributed by atoms with Crippen molar-refractivity contribution in [3.8, 4) is 0 Å². The lowest BCUT2D eigenvalue weighted by Crippen LogP contribution is -2.34. The Labute approximate surface area is 227 Å². The minimum absolute atomic E-state index is 0.126. The number of rotatable bonds is 8. The Hall–Kier alpha value is -2.54. The van der Waals surface area contributed by atoms with Crippen molar-refractivity contribution in [2.24, 2.45) is 11.8 Å². The number of fused-ring (bicyclic) bond motifs is 1. The molecule has 1 amide bonds. The lowest BCUT2D eigenvalue weighted by atomic mass is 9.84. The van der Waals surface area contributed by atoms with E-state index in [-0.39, 0.29) is 29.0 Å². The van der Waals surface area contributed by atoms with Gasteiger partial charge in [-0.1, -0.05) is 42.8 Å². The minimum Gasteiger partial charge on any atom is -0.460 e. The molecule has 2 aliphatic carbocycles. The van der Waals surface area contributed by atoms with Crippen LogP contribution in [0.4, 0.5) is 18.9 Å². The van der Waals surface area contributed by atoms with Crippen LogP contribution < -0.4 is 5.32 Å². The quantitative estimate of drug-likeness (QED) is 0.340. The van der Waals surface area contributed by atoms with Crippen LogP contribution in [0.2, 0.25) is 5.02 Å². The van der Waals surface area contributed by atoms with Crippen LogP contribution >= 0.6 is 11.6 Å². The molecule has 2 aromatic carbocycles. The zero-order valence-electron chi connectivity index (χ0n) is 22.3. The Morgan fingerprint density at radius 3 is 2.32 bits per heavy atom. The number of benzene rings is 2. The van der Waals surface area contributed by atoms with E-state index in [1.807, 2.05) is 32.9 Å². The number of halogens is 4. The SMILES string of the molecule is C[C@H]([C@@H](C(=O)Nc1cc([C@@H](CC(=O)OC(C)(C)C)C2CC2)ccc1Cl)c1ccc2c(c1)CCC2)C(F)(F)F. The Balaban J connectivity index is 1.60. The molecule has 8 heteroatoms. The summed E-state index contributed by atoms with van der Waals surface area (Å²) in [5.74, 6) is -4.22. The average molecular weight is 550 g/mol. The van der Waals surface area contributed by atoms with Gasteiger partial charge in [0, 0.05) is 0 Å². The van der Waals surface area contributed by atoms with Crippen molar-refractivity contribution >= 4 is 29.2 Å². The van der Waals surface area contributed by atoms with E-state index in [1.165, 1.54) is 0 Å². The van der Waals surface area contributed by atoms with Crippen molar-refractivity contribution in [3.05, 3.63) is 63.7 Å². The fourth-order valence-electron chi connectivity index (χ4n) is 5.34. The summed E-state index contributed by atoms with van der Waals surface area (Å²) >= 11 is 6.40. The predicted octanol–water partition coefficient (Wildman–Crippen LogP) is 7.97. The topological polar surface area (TPSA) is 55.4 Å². The molecule has 0 heterocycles. The van der Waals surface area contributed by atoms with Gasteiger partial charge in [-0.15, -0.1) is 0 Å². The summed E-state index contributed by atoms with van der Waals surface area (Å²) in [6.07, 6.45) is 0.221. The van der Waals surface area contributed by atoms with Crippen LogP contribution in [0, 0.1) is 11.8 Å². The van der Waals surface area contributed by atoms with Crippen LogP contribution in [0.5, 0.6) is 0 Å². The van der Waals surface area contributed by atoms with Crippen molar-refractivity contribution in [1.82, 2.24) is 0 Å². The van der Waals surface area contributed by atoms with Crippen molar-refractivity contribution in [3.63, 3.8) is 0 Å². The molecule has 4 nitrogen and oxygen atoms in total. The maximum atomic E-state index is 13.9. The summed E-state index contributed by atoms with van der Waals surface area (Å²) in [5, 5.41) is 2.91. The summed E-state index contributed by atoms with van der Waals surface area (Å²) in [6.45, 7) is 6.48. The molecular formula is C30H35ClF3NO3. The number of ether oxygens (including phenoxy) is 1. The summed E-state index contributed by atoms with van der Waals surface area (Å²) in [6, 6.07) is 10.3. The van der Waals surface area contributed by atoms with Gasteiger partial charge in [0.05, 0.1) is 29.0 Å². The highest BCUT2D eigenvalue weighted by Gasteiger charge is 2.45. The standard InChI is InChI=1S/C30H35ClF3NO3/c1-17(30(32,33)34)27(22-11-8-18-6-5-7-20(18)14-22)28(37)35-25-15-21(12-13-24(25)31)23(19-9-10-19)16-26(36)38-29(2,3)4/h8,11-15,17,19,23,27H,5-7,9-10,16H2,1-4H3,(H,35,37)/t17-,23+,27-/m1/s1. The van der Waals surface area contributed by atoms with Gasteiger partial charge in [0.2, 0.25) is 5.91 Å². The number of anilines is 1. The van der Waals surface area contributed by atoms with Gasteiger partial charge in [-0.05, 0) is 99.1 Å². The summed E-state index contributed by atoms with van der Waals surface area (Å²) in [7, 11) is 0. The van der Waals surface area contributed by atoms with Gasteiger partial charge in [0.1, 0.15) is 5.60 Å². The van der Waals surface area contributed by atoms with Gasteiger partial charge in [0.15, 0.2) is 0 Å². The second-order valence-electron chi connectivity index (χ2n) is 11.7. The summed E-state index contributed by atoms with van der Waals surface area (Å²) < 4.78 is 47.2. The predicted molar refractivity (Wildman–Crippen MR) is 142 cm³/mol. The molecule has 0 bridgehead atoms. The number of carbonyl (C=O) groups is 2. The Morgan fingerprint density at radius 2 is 1.68 bits per heavy atom. The van der Waals surface area contributed by atoms with Crippen molar-refractivity contribution in [1.29, 1.82) is 0 Å². The summed E-state index contributed by atoms with van der Waals surface area (Å²) in [4.78, 5) is 26.0. The van der Waals surface area contributed by atoms with E-state index in [2.05, 4.69) is 5.32 Å². The zero-order chi connectivity index (χ0) is 27.8. The molecule has 38 heavy (non-hydrogen) atoms. The van der Waals surface area contributed by atoms with Gasteiger partial charge in [-0.2, -0.15) is 13.2 Å². The highest BCUT2D eigenvalue weighted by molar-refractivity contribution is 6.33. The number of hydrogen-bond donors (Lipinski definition) is 1. The largest absolute Gasteiger partial charge is 0.460 e. The fraction of sp³-hybridized carbons (Fsp3) is 0.533. The van der Waals surface area contributed by atoms with Crippen LogP contribution in [0.3, 0.4) is 0 Å². The molecule has 0 unspecified atom stereocenters. The smallest absolute Gasteiger partial charge is 0.392 e. The van der Waals surface area contributed by atoms with Crippen LogP contribution in [-0.2, 0) is 27.2 Å². The third kappa shape index (κ3) is 6.90. The zero-order valence-corrected chi connectivity index (χ0v) is 23.0. The Bertz CT molecular complexity index is 1200. The van der Waals surface area contributed by atoms with E-state index in [0.717, 1.165) is 55.7 Å².